The van der Waals surface area contributed by atoms with E-state index >= 15 is 0 Å². The van der Waals surface area contributed by atoms with Gasteiger partial charge in [-0.15, -0.1) is 0 Å². The number of fused-ring (bicyclic) bond motifs is 2. The quantitative estimate of drug-likeness (QED) is 0.829. The molecule has 0 bridgehead atoms. The van der Waals surface area contributed by atoms with Crippen molar-refractivity contribution in [2.45, 2.75) is 32.1 Å². The molecule has 8 heteroatoms. The van der Waals surface area contributed by atoms with Gasteiger partial charge in [-0.2, -0.15) is 13.2 Å². The smallest absolute Gasteiger partial charge is 0.351 e. The third-order valence-corrected chi connectivity index (χ3v) is 5.45. The molecule has 1 N–H and O–H groups in total. The summed E-state index contributed by atoms with van der Waals surface area (Å²) in [5, 5.41) is 2.61. The minimum Gasteiger partial charge on any atom is -0.351 e. The Labute approximate surface area is 166 Å². The van der Waals surface area contributed by atoms with Crippen LogP contribution in [0.1, 0.15) is 46.0 Å². The number of benzene rings is 2. The van der Waals surface area contributed by atoms with Crippen molar-refractivity contribution in [3.05, 3.63) is 59.2 Å². The topological polar surface area (TPSA) is 52.7 Å². The number of alkyl halides is 3. The molecule has 0 radical (unpaired) electrons. The molecule has 1 atom stereocenters. The van der Waals surface area contributed by atoms with Crippen molar-refractivity contribution in [3.8, 4) is 0 Å². The highest BCUT2D eigenvalue weighted by Gasteiger charge is 2.39. The van der Waals surface area contributed by atoms with Crippen LogP contribution in [0.4, 0.5) is 24.5 Å². The summed E-state index contributed by atoms with van der Waals surface area (Å²) in [5.41, 5.74) is 1.13. The number of anilines is 2. The molecule has 2 amide bonds. The molecule has 4 rings (SSSR count). The molecule has 29 heavy (non-hydrogen) atoms. The lowest BCUT2D eigenvalue weighted by atomic mass is 10.0. The van der Waals surface area contributed by atoms with Gasteiger partial charge in [0.1, 0.15) is 6.17 Å². The Morgan fingerprint density at radius 3 is 2.55 bits per heavy atom. The van der Waals surface area contributed by atoms with Gasteiger partial charge in [0.15, 0.2) is 0 Å². The molecule has 0 saturated carbocycles. The number of halogens is 3. The Balaban J connectivity index is 1.59. The maximum absolute atomic E-state index is 12.8. The van der Waals surface area contributed by atoms with Crippen LogP contribution in [0.3, 0.4) is 0 Å². The first-order valence-corrected chi connectivity index (χ1v) is 9.50. The molecule has 0 aromatic heterocycles. The maximum Gasteiger partial charge on any atom is 0.416 e. The number of nitrogens with zero attached hydrogens (tertiary/aromatic N) is 2. The van der Waals surface area contributed by atoms with Crippen LogP contribution in [-0.2, 0) is 6.18 Å². The van der Waals surface area contributed by atoms with Gasteiger partial charge in [0.25, 0.3) is 11.8 Å². The summed E-state index contributed by atoms with van der Waals surface area (Å²) in [4.78, 5) is 29.4. The van der Waals surface area contributed by atoms with E-state index in [1.165, 1.54) is 12.1 Å². The van der Waals surface area contributed by atoms with Gasteiger partial charge in [-0.05, 0) is 62.2 Å². The molecule has 2 heterocycles. The van der Waals surface area contributed by atoms with E-state index in [2.05, 4.69) is 10.2 Å². The van der Waals surface area contributed by atoms with E-state index in [4.69, 9.17) is 0 Å². The highest BCUT2D eigenvalue weighted by Crippen LogP contribution is 2.36. The molecule has 2 aromatic rings. The van der Waals surface area contributed by atoms with Gasteiger partial charge >= 0.3 is 6.18 Å². The molecule has 152 valence electrons. The zero-order valence-corrected chi connectivity index (χ0v) is 15.8. The second-order valence-corrected chi connectivity index (χ2v) is 7.17. The Morgan fingerprint density at radius 2 is 1.90 bits per heavy atom. The van der Waals surface area contributed by atoms with Crippen LogP contribution in [-0.4, -0.2) is 36.0 Å². The Kier molecular flexibility index (Phi) is 4.72. The summed E-state index contributed by atoms with van der Waals surface area (Å²) in [7, 11) is 0. The minimum atomic E-state index is -4.43. The summed E-state index contributed by atoms with van der Waals surface area (Å²) in [6, 6.07) is 9.20. The molecular formula is C21H20F3N3O2. The largest absolute Gasteiger partial charge is 0.416 e. The number of hydrogen-bond donors (Lipinski definition) is 1. The standard InChI is InChI=1S/C21H20F3N3O2/c1-2-26-17-12-13(5-10-16(17)20(29)27-11-3-4-18(26)27)19(28)25-15-8-6-14(7-9-15)21(22,23)24/h5-10,12,18H,2-4,11H2,1H3,(H,25,28). The van der Waals surface area contributed by atoms with E-state index in [0.717, 1.165) is 37.2 Å². The van der Waals surface area contributed by atoms with Crippen LogP contribution in [0, 0.1) is 0 Å². The molecule has 5 nitrogen and oxygen atoms in total. The van der Waals surface area contributed by atoms with Crippen LogP contribution < -0.4 is 10.2 Å². The minimum absolute atomic E-state index is 0.00761. The van der Waals surface area contributed by atoms with Gasteiger partial charge in [-0.3, -0.25) is 9.59 Å². The Morgan fingerprint density at radius 1 is 1.17 bits per heavy atom. The predicted molar refractivity (Wildman–Crippen MR) is 103 cm³/mol. The van der Waals surface area contributed by atoms with Crippen molar-refractivity contribution < 1.29 is 22.8 Å². The van der Waals surface area contributed by atoms with Crippen molar-refractivity contribution in [1.29, 1.82) is 0 Å². The van der Waals surface area contributed by atoms with Crippen molar-refractivity contribution in [1.82, 2.24) is 4.90 Å². The van der Waals surface area contributed by atoms with Crippen molar-refractivity contribution >= 4 is 23.2 Å². The van der Waals surface area contributed by atoms with Gasteiger partial charge in [-0.25, -0.2) is 0 Å². The van der Waals surface area contributed by atoms with Crippen LogP contribution in [0.25, 0.3) is 0 Å². The fourth-order valence-corrected chi connectivity index (χ4v) is 4.04. The second kappa shape index (κ2) is 7.09. The number of rotatable bonds is 3. The van der Waals surface area contributed by atoms with Crippen molar-refractivity contribution in [2.75, 3.05) is 23.3 Å². The van der Waals surface area contributed by atoms with E-state index in [1.54, 1.807) is 18.2 Å². The van der Waals surface area contributed by atoms with Gasteiger partial charge in [0, 0.05) is 24.3 Å². The molecule has 2 aromatic carbocycles. The van der Waals surface area contributed by atoms with E-state index in [1.807, 2.05) is 11.8 Å². The van der Waals surface area contributed by atoms with Crippen molar-refractivity contribution in [3.63, 3.8) is 0 Å². The fourth-order valence-electron chi connectivity index (χ4n) is 4.04. The molecule has 1 fully saturated rings. The zero-order chi connectivity index (χ0) is 20.8. The molecule has 2 aliphatic rings. The number of amides is 2. The van der Waals surface area contributed by atoms with Gasteiger partial charge in [0.05, 0.1) is 16.8 Å². The summed E-state index contributed by atoms with van der Waals surface area (Å²) in [5.74, 6) is -0.466. The first-order chi connectivity index (χ1) is 13.8. The predicted octanol–water partition coefficient (Wildman–Crippen LogP) is 4.36. The van der Waals surface area contributed by atoms with Gasteiger partial charge in [-0.1, -0.05) is 0 Å². The number of hydrogen-bond acceptors (Lipinski definition) is 3. The summed E-state index contributed by atoms with van der Waals surface area (Å²) < 4.78 is 38.0. The average Bonchev–Trinajstić information content (AvgIpc) is 3.18. The van der Waals surface area contributed by atoms with Crippen LogP contribution in [0.2, 0.25) is 0 Å². The molecule has 0 spiro atoms. The molecular weight excluding hydrogens is 383 g/mol. The highest BCUT2D eigenvalue weighted by atomic mass is 19.4. The lowest BCUT2D eigenvalue weighted by molar-refractivity contribution is -0.137. The summed E-state index contributed by atoms with van der Waals surface area (Å²) in [6.07, 6.45) is -2.58. The lowest BCUT2D eigenvalue weighted by Crippen LogP contribution is -2.52. The first kappa shape index (κ1) is 19.3. The monoisotopic (exact) mass is 403 g/mol. The van der Waals surface area contributed by atoms with Crippen LogP contribution in [0.15, 0.2) is 42.5 Å². The lowest BCUT2D eigenvalue weighted by Gasteiger charge is -2.41. The third-order valence-electron chi connectivity index (χ3n) is 5.45. The summed E-state index contributed by atoms with van der Waals surface area (Å²) in [6.45, 7) is 3.44. The second-order valence-electron chi connectivity index (χ2n) is 7.17. The molecule has 1 unspecified atom stereocenters. The zero-order valence-electron chi connectivity index (χ0n) is 15.8. The Hall–Kier alpha value is -3.03. The average molecular weight is 403 g/mol. The first-order valence-electron chi connectivity index (χ1n) is 9.50. The van der Waals surface area contributed by atoms with Crippen molar-refractivity contribution in [2.24, 2.45) is 0 Å². The van der Waals surface area contributed by atoms with Gasteiger partial charge in [0.2, 0.25) is 0 Å². The number of carbonyl (C=O) groups is 2. The maximum atomic E-state index is 12.8. The Bertz CT molecular complexity index is 957. The van der Waals surface area contributed by atoms with E-state index in [-0.39, 0.29) is 17.8 Å². The van der Waals surface area contributed by atoms with Crippen LogP contribution in [0.5, 0.6) is 0 Å². The normalized spacial score (nSPS) is 18.5. The van der Waals surface area contributed by atoms with E-state index < -0.39 is 17.6 Å². The molecule has 2 aliphatic heterocycles. The SMILES string of the molecule is CCN1c2cc(C(=O)Nc3ccc(C(F)(F)F)cc3)ccc2C(=O)N2CCCC21. The van der Waals surface area contributed by atoms with Crippen LogP contribution >= 0.6 is 0 Å². The number of carbonyl (C=O) groups excluding carboxylic acids is 2. The highest BCUT2D eigenvalue weighted by molar-refractivity contribution is 6.08. The summed E-state index contributed by atoms with van der Waals surface area (Å²) >= 11 is 0. The third kappa shape index (κ3) is 3.43. The van der Waals surface area contributed by atoms with E-state index in [0.29, 0.717) is 17.7 Å². The van der Waals surface area contributed by atoms with E-state index in [9.17, 15) is 22.8 Å². The number of nitrogens with one attached hydrogen (secondary N) is 1. The van der Waals surface area contributed by atoms with Gasteiger partial charge < -0.3 is 15.1 Å². The fraction of sp³-hybridized carbons (Fsp3) is 0.333. The molecule has 0 aliphatic carbocycles. The molecule has 1 saturated heterocycles.